The summed E-state index contributed by atoms with van der Waals surface area (Å²) in [7, 11) is 0. The number of nitrogens with zero attached hydrogens (tertiary/aromatic N) is 4. The van der Waals surface area contributed by atoms with E-state index < -0.39 is 11.6 Å². The second-order valence-corrected chi connectivity index (χ2v) is 7.57. The molecule has 0 amide bonds. The Balaban J connectivity index is 1.52. The Morgan fingerprint density at radius 3 is 2.59 bits per heavy atom. The van der Waals surface area contributed by atoms with E-state index in [0.29, 0.717) is 49.5 Å². The number of hydrogen-bond donors (Lipinski definition) is 3. The van der Waals surface area contributed by atoms with Crippen LogP contribution in [0.25, 0.3) is 10.9 Å². The summed E-state index contributed by atoms with van der Waals surface area (Å²) in [6, 6.07) is 5.96. The molecular formula is C21H21F2N7O2. The summed E-state index contributed by atoms with van der Waals surface area (Å²) in [6.07, 6.45) is 0. The van der Waals surface area contributed by atoms with Crippen LogP contribution in [0.3, 0.4) is 0 Å². The third-order valence-electron chi connectivity index (χ3n) is 5.09. The Kier molecular flexibility index (Phi) is 5.10. The highest BCUT2D eigenvalue weighted by atomic mass is 19.1. The lowest BCUT2D eigenvalue weighted by Gasteiger charge is -2.28. The molecule has 5 rings (SSSR count). The van der Waals surface area contributed by atoms with Gasteiger partial charge >= 0.3 is 6.01 Å². The number of benzene rings is 1. The first-order chi connectivity index (χ1) is 15.5. The molecule has 4 aromatic rings. The van der Waals surface area contributed by atoms with Crippen molar-refractivity contribution in [2.24, 2.45) is 0 Å². The average Bonchev–Trinajstić information content (AvgIpc) is 3.38. The number of rotatable bonds is 5. The standard InChI is InChI=1S/C21H21F2N7O2/c1-11-7-13-19(23)15(9-14(22)20(13)24-11)32-21-26-16(25-17-8-12(2)28-29-17)10-18(27-21)30-3-5-31-6-4-30/h7-10,24H,3-6H2,1-2H3,(H2,25,26,27,28,29). The highest BCUT2D eigenvalue weighted by molar-refractivity contribution is 5.83. The molecule has 1 aliphatic heterocycles. The van der Waals surface area contributed by atoms with Gasteiger partial charge in [0.15, 0.2) is 23.2 Å². The molecular weight excluding hydrogens is 420 g/mol. The quantitative estimate of drug-likeness (QED) is 0.431. The fourth-order valence-corrected chi connectivity index (χ4v) is 3.60. The summed E-state index contributed by atoms with van der Waals surface area (Å²) in [6.45, 7) is 5.99. The number of nitrogens with one attached hydrogen (secondary N) is 3. The van der Waals surface area contributed by atoms with E-state index in [9.17, 15) is 4.39 Å². The SMILES string of the molecule is Cc1cc(Nc2cc(N3CCOCC3)nc(Oc3cc(F)c4[nH]c(C)cc4c3F)n2)n[nH]1. The lowest BCUT2D eigenvalue weighted by molar-refractivity contribution is 0.122. The number of aromatic amines is 2. The van der Waals surface area contributed by atoms with E-state index in [4.69, 9.17) is 9.47 Å². The van der Waals surface area contributed by atoms with Crippen LogP contribution in [0.5, 0.6) is 11.8 Å². The van der Waals surface area contributed by atoms with Crippen molar-refractivity contribution >= 4 is 28.4 Å². The van der Waals surface area contributed by atoms with E-state index in [0.717, 1.165) is 11.8 Å². The van der Waals surface area contributed by atoms with Crippen molar-refractivity contribution < 1.29 is 18.3 Å². The maximum absolute atomic E-state index is 15.0. The van der Waals surface area contributed by atoms with Gasteiger partial charge in [0, 0.05) is 48.1 Å². The summed E-state index contributed by atoms with van der Waals surface area (Å²) in [5, 5.41) is 10.2. The van der Waals surface area contributed by atoms with Crippen LogP contribution in [0.1, 0.15) is 11.4 Å². The van der Waals surface area contributed by atoms with Crippen LogP contribution in [0.15, 0.2) is 24.3 Å². The van der Waals surface area contributed by atoms with E-state index in [2.05, 4.69) is 30.5 Å². The van der Waals surface area contributed by atoms with Gasteiger partial charge in [-0.15, -0.1) is 0 Å². The van der Waals surface area contributed by atoms with E-state index in [1.807, 2.05) is 17.9 Å². The Hall–Kier alpha value is -3.73. The number of fused-ring (bicyclic) bond motifs is 1. The Morgan fingerprint density at radius 1 is 1.03 bits per heavy atom. The van der Waals surface area contributed by atoms with Gasteiger partial charge in [0.25, 0.3) is 0 Å². The minimum atomic E-state index is -0.691. The monoisotopic (exact) mass is 441 g/mol. The highest BCUT2D eigenvalue weighted by Crippen LogP contribution is 2.33. The summed E-state index contributed by atoms with van der Waals surface area (Å²) in [4.78, 5) is 13.6. The first-order valence-electron chi connectivity index (χ1n) is 10.1. The van der Waals surface area contributed by atoms with E-state index in [1.165, 1.54) is 6.07 Å². The van der Waals surface area contributed by atoms with Gasteiger partial charge in [0.1, 0.15) is 11.6 Å². The normalized spacial score (nSPS) is 14.2. The van der Waals surface area contributed by atoms with Crippen molar-refractivity contribution in [3.8, 4) is 11.8 Å². The van der Waals surface area contributed by atoms with Crippen LogP contribution < -0.4 is 15.0 Å². The molecule has 0 saturated carbocycles. The number of hydrogen-bond acceptors (Lipinski definition) is 7. The highest BCUT2D eigenvalue weighted by Gasteiger charge is 2.20. The van der Waals surface area contributed by atoms with Crippen LogP contribution in [-0.2, 0) is 4.74 Å². The van der Waals surface area contributed by atoms with Crippen LogP contribution in [-0.4, -0.2) is 51.5 Å². The molecule has 0 atom stereocenters. The lowest BCUT2D eigenvalue weighted by atomic mass is 10.2. The molecule has 0 unspecified atom stereocenters. The van der Waals surface area contributed by atoms with Crippen molar-refractivity contribution in [1.29, 1.82) is 0 Å². The molecule has 0 bridgehead atoms. The molecule has 3 aromatic heterocycles. The van der Waals surface area contributed by atoms with Gasteiger partial charge in [-0.2, -0.15) is 15.1 Å². The number of anilines is 3. The second-order valence-electron chi connectivity index (χ2n) is 7.57. The van der Waals surface area contributed by atoms with Crippen LogP contribution in [0.2, 0.25) is 0 Å². The molecule has 1 aliphatic rings. The number of halogens is 2. The zero-order valence-electron chi connectivity index (χ0n) is 17.5. The molecule has 32 heavy (non-hydrogen) atoms. The molecule has 1 saturated heterocycles. The first kappa shape index (κ1) is 20.2. The second kappa shape index (κ2) is 8.08. The molecule has 3 N–H and O–H groups in total. The van der Waals surface area contributed by atoms with Gasteiger partial charge in [-0.3, -0.25) is 5.10 Å². The summed E-state index contributed by atoms with van der Waals surface area (Å²) in [5.41, 5.74) is 1.60. The first-order valence-corrected chi connectivity index (χ1v) is 10.1. The smallest absolute Gasteiger partial charge is 0.326 e. The predicted octanol–water partition coefficient (Wildman–Crippen LogP) is 3.95. The molecule has 4 heterocycles. The van der Waals surface area contributed by atoms with Gasteiger partial charge in [-0.25, -0.2) is 8.78 Å². The third kappa shape index (κ3) is 3.94. The minimum Gasteiger partial charge on any atom is -0.421 e. The fraction of sp³-hybridized carbons (Fsp3) is 0.286. The Bertz CT molecular complexity index is 1280. The van der Waals surface area contributed by atoms with Gasteiger partial charge in [0.2, 0.25) is 0 Å². The van der Waals surface area contributed by atoms with Crippen molar-refractivity contribution in [1.82, 2.24) is 25.1 Å². The van der Waals surface area contributed by atoms with Crippen molar-refractivity contribution in [3.05, 3.63) is 47.3 Å². The van der Waals surface area contributed by atoms with Gasteiger partial charge < -0.3 is 24.7 Å². The lowest BCUT2D eigenvalue weighted by Crippen LogP contribution is -2.36. The van der Waals surface area contributed by atoms with Crippen molar-refractivity contribution in [3.63, 3.8) is 0 Å². The van der Waals surface area contributed by atoms with Gasteiger partial charge in [-0.1, -0.05) is 0 Å². The molecule has 0 aliphatic carbocycles. The number of morpholine rings is 1. The van der Waals surface area contributed by atoms with E-state index >= 15 is 4.39 Å². The summed E-state index contributed by atoms with van der Waals surface area (Å²) in [5.74, 6) is -0.0751. The number of ether oxygens (including phenoxy) is 2. The van der Waals surface area contributed by atoms with E-state index in [1.54, 1.807) is 13.0 Å². The summed E-state index contributed by atoms with van der Waals surface area (Å²) >= 11 is 0. The zero-order valence-corrected chi connectivity index (χ0v) is 17.5. The van der Waals surface area contributed by atoms with Crippen molar-refractivity contribution in [2.75, 3.05) is 36.5 Å². The fourth-order valence-electron chi connectivity index (χ4n) is 3.60. The molecule has 0 radical (unpaired) electrons. The molecule has 166 valence electrons. The topological polar surface area (TPSA) is 104 Å². The zero-order chi connectivity index (χ0) is 22.2. The number of aromatic nitrogens is 5. The Labute approximate surface area is 181 Å². The molecule has 9 nitrogen and oxygen atoms in total. The maximum atomic E-state index is 15.0. The molecule has 1 aromatic carbocycles. The van der Waals surface area contributed by atoms with E-state index in [-0.39, 0.29) is 22.7 Å². The minimum absolute atomic E-state index is 0.0894. The van der Waals surface area contributed by atoms with Crippen LogP contribution >= 0.6 is 0 Å². The largest absolute Gasteiger partial charge is 0.421 e. The molecule has 1 fully saturated rings. The average molecular weight is 441 g/mol. The third-order valence-corrected chi connectivity index (χ3v) is 5.09. The van der Waals surface area contributed by atoms with Gasteiger partial charge in [0.05, 0.1) is 18.7 Å². The maximum Gasteiger partial charge on any atom is 0.326 e. The number of H-pyrrole nitrogens is 2. The van der Waals surface area contributed by atoms with Gasteiger partial charge in [-0.05, 0) is 19.9 Å². The predicted molar refractivity (Wildman–Crippen MR) is 115 cm³/mol. The van der Waals surface area contributed by atoms with Crippen molar-refractivity contribution in [2.45, 2.75) is 13.8 Å². The Morgan fingerprint density at radius 2 is 1.84 bits per heavy atom. The molecule has 0 spiro atoms. The number of aryl methyl sites for hydroxylation is 2. The molecule has 11 heteroatoms. The van der Waals surface area contributed by atoms with Crippen LogP contribution in [0, 0.1) is 25.5 Å². The summed E-state index contributed by atoms with van der Waals surface area (Å²) < 4.78 is 40.6. The van der Waals surface area contributed by atoms with Crippen LogP contribution in [0.4, 0.5) is 26.2 Å².